The third kappa shape index (κ3) is 0.407. The highest BCUT2D eigenvalue weighted by Gasteiger charge is 2.77. The fourth-order valence-electron chi connectivity index (χ4n) is 1.96. The van der Waals surface area contributed by atoms with Crippen molar-refractivity contribution in [1.29, 1.82) is 0 Å². The van der Waals surface area contributed by atoms with Crippen molar-refractivity contribution in [1.82, 2.24) is 0 Å². The van der Waals surface area contributed by atoms with Gasteiger partial charge in [0.1, 0.15) is 0 Å². The molecule has 2 fully saturated rings. The molecule has 2 saturated heterocycles. The van der Waals surface area contributed by atoms with E-state index in [0.29, 0.717) is 0 Å². The maximum atomic E-state index is 5.48. The van der Waals surface area contributed by atoms with Crippen molar-refractivity contribution < 1.29 is 9.47 Å². The Hall–Kier alpha value is -1.28. The standard InChI is InChI=1S/C10H6O2/c1-2-4-7-6(3-1)5-8-10(11-8)9(7)12-10/h1-5,9H. The zero-order chi connectivity index (χ0) is 7.76. The summed E-state index contributed by atoms with van der Waals surface area (Å²) in [6, 6.07) is 8.27. The molecule has 3 aliphatic rings. The van der Waals surface area contributed by atoms with E-state index < -0.39 is 0 Å². The number of ether oxygens (including phenoxy) is 2. The van der Waals surface area contributed by atoms with Gasteiger partial charge in [0.2, 0.25) is 0 Å². The number of rotatable bonds is 0. The van der Waals surface area contributed by atoms with Gasteiger partial charge in [-0.2, -0.15) is 0 Å². The lowest BCUT2D eigenvalue weighted by atomic mass is 9.98. The Kier molecular flexibility index (Phi) is 0.589. The maximum Gasteiger partial charge on any atom is 0.301 e. The van der Waals surface area contributed by atoms with Gasteiger partial charge >= 0.3 is 5.79 Å². The minimum Gasteiger partial charge on any atom is -0.449 e. The fraction of sp³-hybridized carbons (Fsp3) is 0.200. The van der Waals surface area contributed by atoms with Crippen molar-refractivity contribution in [3.8, 4) is 0 Å². The van der Waals surface area contributed by atoms with Crippen molar-refractivity contribution in [3.63, 3.8) is 0 Å². The van der Waals surface area contributed by atoms with E-state index in [9.17, 15) is 0 Å². The molecule has 2 heteroatoms. The first kappa shape index (κ1) is 5.38. The second-order valence-corrected chi connectivity index (χ2v) is 3.40. The molecule has 58 valence electrons. The largest absolute Gasteiger partial charge is 0.449 e. The normalized spacial score (nSPS) is 38.3. The van der Waals surface area contributed by atoms with E-state index in [2.05, 4.69) is 18.2 Å². The molecule has 0 aromatic heterocycles. The second kappa shape index (κ2) is 1.31. The highest BCUT2D eigenvalue weighted by Crippen LogP contribution is 2.69. The number of epoxide rings is 2. The summed E-state index contributed by atoms with van der Waals surface area (Å²) in [6.45, 7) is 0. The summed E-state index contributed by atoms with van der Waals surface area (Å²) in [5.41, 5.74) is 2.50. The van der Waals surface area contributed by atoms with Gasteiger partial charge in [0, 0.05) is 0 Å². The molecule has 12 heavy (non-hydrogen) atoms. The van der Waals surface area contributed by atoms with Crippen LogP contribution >= 0.6 is 0 Å². The van der Waals surface area contributed by atoms with Crippen LogP contribution in [-0.2, 0) is 9.47 Å². The van der Waals surface area contributed by atoms with E-state index in [-0.39, 0.29) is 11.9 Å². The minimum absolute atomic E-state index is 0.189. The molecule has 2 aliphatic heterocycles. The Bertz CT molecular complexity index is 422. The number of hydrogen-bond donors (Lipinski definition) is 0. The first-order chi connectivity index (χ1) is 5.90. The fourth-order valence-corrected chi connectivity index (χ4v) is 1.96. The molecule has 2 heterocycles. The van der Waals surface area contributed by atoms with E-state index in [1.807, 2.05) is 12.1 Å². The Labute approximate surface area is 69.4 Å². The van der Waals surface area contributed by atoms with Crippen LogP contribution in [0.5, 0.6) is 0 Å². The highest BCUT2D eigenvalue weighted by molar-refractivity contribution is 5.68. The van der Waals surface area contributed by atoms with E-state index in [0.717, 1.165) is 5.76 Å². The molecule has 0 N–H and O–H groups in total. The van der Waals surface area contributed by atoms with Crippen LogP contribution in [0.25, 0.3) is 6.08 Å². The summed E-state index contributed by atoms with van der Waals surface area (Å²) >= 11 is 0. The summed E-state index contributed by atoms with van der Waals surface area (Å²) in [6.07, 6.45) is 2.26. The number of hydrogen-bond acceptors (Lipinski definition) is 2. The van der Waals surface area contributed by atoms with Crippen LogP contribution in [0.1, 0.15) is 17.2 Å². The molecule has 0 saturated carbocycles. The van der Waals surface area contributed by atoms with Gasteiger partial charge in [-0.05, 0) is 17.2 Å². The lowest BCUT2D eigenvalue weighted by Crippen LogP contribution is -1.94. The van der Waals surface area contributed by atoms with Crippen molar-refractivity contribution >= 4 is 6.08 Å². The lowest BCUT2D eigenvalue weighted by molar-refractivity contribution is 0.253. The molecular formula is C10H6O2. The average Bonchev–Trinajstić information content (AvgIpc) is 2.92. The molecular weight excluding hydrogens is 152 g/mol. The smallest absolute Gasteiger partial charge is 0.301 e. The van der Waals surface area contributed by atoms with Crippen molar-refractivity contribution in [2.75, 3.05) is 0 Å². The zero-order valence-corrected chi connectivity index (χ0v) is 6.28. The molecule has 1 aliphatic carbocycles. The molecule has 2 nitrogen and oxygen atoms in total. The summed E-state index contributed by atoms with van der Waals surface area (Å²) in [5, 5.41) is 0. The Morgan fingerprint density at radius 3 is 3.17 bits per heavy atom. The average molecular weight is 158 g/mol. The molecule has 0 bridgehead atoms. The van der Waals surface area contributed by atoms with E-state index >= 15 is 0 Å². The van der Waals surface area contributed by atoms with Crippen LogP contribution in [0.3, 0.4) is 0 Å². The second-order valence-electron chi connectivity index (χ2n) is 3.40. The third-order valence-electron chi connectivity index (χ3n) is 2.71. The van der Waals surface area contributed by atoms with Crippen LogP contribution in [-0.4, -0.2) is 5.79 Å². The maximum absolute atomic E-state index is 5.48. The van der Waals surface area contributed by atoms with Crippen LogP contribution in [0.2, 0.25) is 0 Å². The number of benzene rings is 1. The Morgan fingerprint density at radius 2 is 2.17 bits per heavy atom. The Balaban J connectivity index is 2.06. The lowest BCUT2D eigenvalue weighted by Gasteiger charge is -2.01. The van der Waals surface area contributed by atoms with Crippen LogP contribution in [0, 0.1) is 0 Å². The van der Waals surface area contributed by atoms with Crippen molar-refractivity contribution in [2.24, 2.45) is 0 Å². The van der Waals surface area contributed by atoms with Gasteiger partial charge in [-0.3, -0.25) is 0 Å². The SMILES string of the molecule is C1=C2OC23OC3c2ccccc21. The topological polar surface area (TPSA) is 25.1 Å². The quantitative estimate of drug-likeness (QED) is 0.538. The Morgan fingerprint density at radius 1 is 1.25 bits per heavy atom. The predicted octanol–water partition coefficient (Wildman–Crippen LogP) is 1.84. The van der Waals surface area contributed by atoms with Crippen LogP contribution in [0.4, 0.5) is 0 Å². The van der Waals surface area contributed by atoms with Gasteiger partial charge in [0.15, 0.2) is 11.9 Å². The summed E-state index contributed by atoms with van der Waals surface area (Å²) in [7, 11) is 0. The third-order valence-corrected chi connectivity index (χ3v) is 2.71. The monoisotopic (exact) mass is 158 g/mol. The van der Waals surface area contributed by atoms with Gasteiger partial charge in [0.05, 0.1) is 0 Å². The van der Waals surface area contributed by atoms with E-state index in [4.69, 9.17) is 9.47 Å². The van der Waals surface area contributed by atoms with Gasteiger partial charge in [0.25, 0.3) is 0 Å². The molecule has 1 aromatic rings. The van der Waals surface area contributed by atoms with Gasteiger partial charge < -0.3 is 9.47 Å². The van der Waals surface area contributed by atoms with Gasteiger partial charge in [-0.25, -0.2) is 0 Å². The van der Waals surface area contributed by atoms with E-state index in [1.54, 1.807) is 0 Å². The first-order valence-corrected chi connectivity index (χ1v) is 4.08. The minimum atomic E-state index is -0.283. The van der Waals surface area contributed by atoms with Gasteiger partial charge in [-0.15, -0.1) is 0 Å². The molecule has 2 unspecified atom stereocenters. The molecule has 0 radical (unpaired) electrons. The predicted molar refractivity (Wildman–Crippen MR) is 42.1 cm³/mol. The zero-order valence-electron chi connectivity index (χ0n) is 6.28. The molecule has 1 spiro atoms. The van der Waals surface area contributed by atoms with Gasteiger partial charge in [-0.1, -0.05) is 24.3 Å². The molecule has 2 atom stereocenters. The molecule has 1 aromatic carbocycles. The highest BCUT2D eigenvalue weighted by atomic mass is 16.9. The van der Waals surface area contributed by atoms with Crippen molar-refractivity contribution in [3.05, 3.63) is 41.2 Å². The van der Waals surface area contributed by atoms with Crippen molar-refractivity contribution in [2.45, 2.75) is 11.9 Å². The van der Waals surface area contributed by atoms with Crippen LogP contribution < -0.4 is 0 Å². The molecule has 4 rings (SSSR count). The van der Waals surface area contributed by atoms with E-state index in [1.165, 1.54) is 11.1 Å². The summed E-state index contributed by atoms with van der Waals surface area (Å²) in [5.74, 6) is 0.722. The van der Waals surface area contributed by atoms with Crippen LogP contribution in [0.15, 0.2) is 30.0 Å². The summed E-state index contributed by atoms with van der Waals surface area (Å²) < 4.78 is 10.8. The molecule has 0 amide bonds. The number of fused-ring (bicyclic) bond motifs is 2. The summed E-state index contributed by atoms with van der Waals surface area (Å²) in [4.78, 5) is 0. The first-order valence-electron chi connectivity index (χ1n) is 4.08.